The molecule has 5 heteroatoms. The zero-order chi connectivity index (χ0) is 13.1. The number of rotatable bonds is 2. The summed E-state index contributed by atoms with van der Waals surface area (Å²) in [4.78, 5) is 24.5. The van der Waals surface area contributed by atoms with Crippen LogP contribution in [-0.4, -0.2) is 25.5 Å². The number of anilines is 2. The van der Waals surface area contributed by atoms with Gasteiger partial charge in [0.25, 0.3) is 11.8 Å². The second-order valence-corrected chi connectivity index (χ2v) is 3.73. The van der Waals surface area contributed by atoms with E-state index in [-0.39, 0.29) is 18.4 Å². The third-order valence-corrected chi connectivity index (χ3v) is 2.55. The minimum atomic E-state index is -0.357. The molecule has 0 radical (unpaired) electrons. The zero-order valence-corrected chi connectivity index (χ0v) is 9.90. The first-order valence-electron chi connectivity index (χ1n) is 5.32. The number of fused-ring (bicyclic) bond motifs is 1. The van der Waals surface area contributed by atoms with Crippen LogP contribution in [0.2, 0.25) is 0 Å². The van der Waals surface area contributed by atoms with Gasteiger partial charge in [0.2, 0.25) is 0 Å². The van der Waals surface area contributed by atoms with Crippen LogP contribution >= 0.6 is 0 Å². The fraction of sp³-hybridized carbons (Fsp3) is 0.154. The predicted octanol–water partition coefficient (Wildman–Crippen LogP) is 1.32. The number of hydrogen-bond donors (Lipinski definition) is 1. The van der Waals surface area contributed by atoms with Gasteiger partial charge in [0.1, 0.15) is 11.4 Å². The minimum absolute atomic E-state index is 0.00740. The number of hydrogen-bond acceptors (Lipinski definition) is 3. The predicted molar refractivity (Wildman–Crippen MR) is 67.7 cm³/mol. The van der Waals surface area contributed by atoms with Crippen molar-refractivity contribution >= 4 is 23.2 Å². The first-order valence-corrected chi connectivity index (χ1v) is 5.32. The highest BCUT2D eigenvalue weighted by molar-refractivity contribution is 6.06. The van der Waals surface area contributed by atoms with E-state index in [1.54, 1.807) is 25.2 Å². The lowest BCUT2D eigenvalue weighted by molar-refractivity contribution is -0.121. The van der Waals surface area contributed by atoms with Crippen LogP contribution in [0.15, 0.2) is 36.6 Å². The van der Waals surface area contributed by atoms with Gasteiger partial charge >= 0.3 is 0 Å². The van der Waals surface area contributed by atoms with Crippen LogP contribution in [0.5, 0.6) is 5.75 Å². The van der Waals surface area contributed by atoms with Crippen molar-refractivity contribution in [3.05, 3.63) is 36.6 Å². The molecule has 0 atom stereocenters. The van der Waals surface area contributed by atoms with E-state index in [0.717, 1.165) is 0 Å². The summed E-state index contributed by atoms with van der Waals surface area (Å²) in [6.45, 7) is 3.33. The fourth-order valence-electron chi connectivity index (χ4n) is 1.71. The smallest absolute Gasteiger partial charge is 0.264 e. The Kier molecular flexibility index (Phi) is 3.17. The lowest BCUT2D eigenvalue weighted by Gasteiger charge is -2.27. The highest BCUT2D eigenvalue weighted by atomic mass is 16.5. The molecule has 2 amide bonds. The van der Waals surface area contributed by atoms with E-state index in [1.807, 2.05) is 0 Å². The van der Waals surface area contributed by atoms with Gasteiger partial charge in [-0.3, -0.25) is 9.59 Å². The maximum atomic E-state index is 11.6. The summed E-state index contributed by atoms with van der Waals surface area (Å²) in [7, 11) is 1.64. The third-order valence-electron chi connectivity index (χ3n) is 2.55. The molecule has 1 aliphatic heterocycles. The highest BCUT2D eigenvalue weighted by Crippen LogP contribution is 2.37. The van der Waals surface area contributed by atoms with Crippen molar-refractivity contribution in [1.82, 2.24) is 0 Å². The maximum absolute atomic E-state index is 11.6. The number of ether oxygens (including phenoxy) is 1. The summed E-state index contributed by atoms with van der Waals surface area (Å²) >= 11 is 0. The molecular weight excluding hydrogens is 232 g/mol. The van der Waals surface area contributed by atoms with Gasteiger partial charge in [-0.25, -0.2) is 0 Å². The van der Waals surface area contributed by atoms with E-state index in [0.29, 0.717) is 17.1 Å². The minimum Gasteiger partial charge on any atom is -0.481 e. The summed E-state index contributed by atoms with van der Waals surface area (Å²) in [6.07, 6.45) is 1.19. The number of nitrogens with one attached hydrogen (secondary N) is 1. The van der Waals surface area contributed by atoms with Crippen LogP contribution in [0.1, 0.15) is 0 Å². The lowest BCUT2D eigenvalue weighted by atomic mass is 10.2. The summed E-state index contributed by atoms with van der Waals surface area (Å²) < 4.78 is 5.31. The van der Waals surface area contributed by atoms with Crippen LogP contribution in [-0.2, 0) is 9.59 Å². The monoisotopic (exact) mass is 244 g/mol. The van der Waals surface area contributed by atoms with E-state index in [1.165, 1.54) is 11.0 Å². The molecule has 1 N–H and O–H groups in total. The number of amides is 2. The molecule has 0 spiro atoms. The van der Waals surface area contributed by atoms with Crippen LogP contribution in [0.25, 0.3) is 0 Å². The zero-order valence-electron chi connectivity index (χ0n) is 9.90. The summed E-state index contributed by atoms with van der Waals surface area (Å²) in [5, 5.41) is 2.65. The normalized spacial score (nSPS) is 13.2. The molecule has 1 heterocycles. The second-order valence-electron chi connectivity index (χ2n) is 3.73. The van der Waals surface area contributed by atoms with Crippen molar-refractivity contribution in [2.75, 3.05) is 23.9 Å². The summed E-state index contributed by atoms with van der Waals surface area (Å²) in [5.41, 5.74) is 3.46. The van der Waals surface area contributed by atoms with Gasteiger partial charge in [-0.1, -0.05) is 12.6 Å². The van der Waals surface area contributed by atoms with Crippen molar-refractivity contribution in [3.63, 3.8) is 0 Å². The van der Waals surface area contributed by atoms with Gasteiger partial charge in [0.15, 0.2) is 6.61 Å². The average molecular weight is 244 g/mol. The molecule has 0 unspecified atom stereocenters. The molecule has 0 aliphatic carbocycles. The largest absolute Gasteiger partial charge is 0.481 e. The number of nitrogens with zero attached hydrogens (tertiary/aromatic N) is 1. The van der Waals surface area contributed by atoms with Gasteiger partial charge in [0.05, 0.1) is 5.69 Å². The Labute approximate surface area is 104 Å². The van der Waals surface area contributed by atoms with Crippen molar-refractivity contribution in [1.29, 1.82) is 0 Å². The van der Waals surface area contributed by atoms with Crippen LogP contribution in [0.4, 0.5) is 11.4 Å². The molecule has 2 rings (SSSR count). The Morgan fingerprint density at radius 1 is 1.61 bits per heavy atom. The second kappa shape index (κ2) is 4.77. The Morgan fingerprint density at radius 2 is 2.39 bits per heavy atom. The van der Waals surface area contributed by atoms with Crippen molar-refractivity contribution in [2.24, 2.45) is 0 Å². The molecule has 5 nitrogen and oxygen atoms in total. The van der Waals surface area contributed by atoms with Crippen molar-refractivity contribution in [3.8, 4) is 5.75 Å². The first kappa shape index (κ1) is 12.0. The number of likely N-dealkylation sites (N-methyl/N-ethyl adjacent to an activating group) is 1. The first-order chi connectivity index (χ1) is 8.63. The summed E-state index contributed by atoms with van der Waals surface area (Å²) in [5.74, 6) is 0.0470. The number of carbonyl (C=O) groups excluding carboxylic acids is 2. The Hall–Kier alpha value is -2.52. The Morgan fingerprint density at radius 3 is 3.11 bits per heavy atom. The van der Waals surface area contributed by atoms with Gasteiger partial charge in [-0.15, -0.1) is 5.73 Å². The van der Waals surface area contributed by atoms with E-state index in [2.05, 4.69) is 17.6 Å². The molecule has 18 heavy (non-hydrogen) atoms. The molecular formula is C13H12N2O3. The fourth-order valence-corrected chi connectivity index (χ4v) is 1.71. The molecule has 1 aromatic rings. The standard InChI is InChI=1S/C13H12N2O3/c1-3-5-11(16)14-9-6-4-7-10-13(9)15(2)12(17)8-18-10/h4-7H,1,8H2,2H3,(H,14,16). The molecule has 0 saturated carbocycles. The van der Waals surface area contributed by atoms with Gasteiger partial charge in [-0.05, 0) is 12.1 Å². The topological polar surface area (TPSA) is 58.6 Å². The number of carbonyl (C=O) groups is 2. The third kappa shape index (κ3) is 2.12. The number of para-hydroxylation sites is 1. The van der Waals surface area contributed by atoms with E-state index in [9.17, 15) is 9.59 Å². The SMILES string of the molecule is C=C=CC(=O)Nc1cccc2c1N(C)C(=O)CO2. The van der Waals surface area contributed by atoms with E-state index >= 15 is 0 Å². The molecule has 0 aromatic heterocycles. The van der Waals surface area contributed by atoms with Gasteiger partial charge in [0, 0.05) is 13.1 Å². The van der Waals surface area contributed by atoms with Crippen LogP contribution < -0.4 is 15.0 Å². The molecule has 1 aromatic carbocycles. The van der Waals surface area contributed by atoms with Crippen LogP contribution in [0, 0.1) is 0 Å². The average Bonchev–Trinajstić information content (AvgIpc) is 2.34. The number of benzene rings is 1. The van der Waals surface area contributed by atoms with Crippen molar-refractivity contribution in [2.45, 2.75) is 0 Å². The Balaban J connectivity index is 2.40. The molecule has 1 aliphatic rings. The van der Waals surface area contributed by atoms with E-state index in [4.69, 9.17) is 4.74 Å². The molecule has 0 saturated heterocycles. The summed E-state index contributed by atoms with van der Waals surface area (Å²) in [6, 6.07) is 5.19. The van der Waals surface area contributed by atoms with Gasteiger partial charge in [-0.2, -0.15) is 0 Å². The van der Waals surface area contributed by atoms with Crippen molar-refractivity contribution < 1.29 is 14.3 Å². The molecule has 0 fully saturated rings. The van der Waals surface area contributed by atoms with Crippen LogP contribution in [0.3, 0.4) is 0 Å². The highest BCUT2D eigenvalue weighted by Gasteiger charge is 2.25. The van der Waals surface area contributed by atoms with Gasteiger partial charge < -0.3 is 15.0 Å². The maximum Gasteiger partial charge on any atom is 0.264 e. The molecule has 92 valence electrons. The van der Waals surface area contributed by atoms with E-state index < -0.39 is 0 Å². The molecule has 0 bridgehead atoms. The Bertz CT molecular complexity index is 559. The quantitative estimate of drug-likeness (QED) is 0.630. The lowest BCUT2D eigenvalue weighted by Crippen LogP contribution is -2.36.